The van der Waals surface area contributed by atoms with Crippen molar-refractivity contribution >= 4 is 28.0 Å². The van der Waals surface area contributed by atoms with Gasteiger partial charge in [-0.25, -0.2) is 9.59 Å². The van der Waals surface area contributed by atoms with Crippen LogP contribution in [0, 0.1) is 0 Å². The third-order valence-corrected chi connectivity index (χ3v) is 4.53. The van der Waals surface area contributed by atoms with Crippen molar-refractivity contribution in [3.63, 3.8) is 0 Å². The number of benzene rings is 2. The van der Waals surface area contributed by atoms with Gasteiger partial charge >= 0.3 is 12.1 Å². The fourth-order valence-electron chi connectivity index (χ4n) is 2.66. The van der Waals surface area contributed by atoms with Crippen LogP contribution in [0.15, 0.2) is 71.3 Å². The Balaban J connectivity index is 1.57. The highest BCUT2D eigenvalue weighted by Crippen LogP contribution is 2.13. The number of hydrogen-bond donors (Lipinski definition) is 2. The molecule has 1 aliphatic heterocycles. The summed E-state index contributed by atoms with van der Waals surface area (Å²) in [7, 11) is 0. The number of nitrogens with one attached hydrogen (secondary N) is 2. The molecule has 152 valence electrons. The maximum atomic E-state index is 12.6. The molecule has 2 atom stereocenters. The van der Waals surface area contributed by atoms with Crippen LogP contribution in [0.1, 0.15) is 11.1 Å². The van der Waals surface area contributed by atoms with Crippen LogP contribution in [0.4, 0.5) is 4.79 Å². The van der Waals surface area contributed by atoms with Crippen LogP contribution in [-0.2, 0) is 32.1 Å². The molecule has 0 aromatic heterocycles. The first-order valence-corrected chi connectivity index (χ1v) is 9.86. The molecular formula is C21H21BrN2O5. The smallest absolute Gasteiger partial charge is 0.408 e. The zero-order valence-corrected chi connectivity index (χ0v) is 17.1. The monoisotopic (exact) mass is 460 g/mol. The largest absolute Gasteiger partial charge is 0.461 e. The number of carbonyl (C=O) groups excluding carboxylic acids is 2. The molecule has 0 spiro atoms. The summed E-state index contributed by atoms with van der Waals surface area (Å²) in [5.74, 6) is -0.564. The lowest BCUT2D eigenvalue weighted by molar-refractivity contribution is -0.149. The minimum absolute atomic E-state index is 0.0208. The van der Waals surface area contributed by atoms with E-state index >= 15 is 0 Å². The Labute approximate surface area is 177 Å². The Morgan fingerprint density at radius 1 is 1.03 bits per heavy atom. The van der Waals surface area contributed by atoms with Gasteiger partial charge in [-0.3, -0.25) is 10.3 Å². The van der Waals surface area contributed by atoms with Crippen molar-refractivity contribution in [2.24, 2.45) is 0 Å². The molecule has 2 aromatic rings. The Morgan fingerprint density at radius 2 is 1.69 bits per heavy atom. The SMILES string of the molecule is O=C(N[C@@H](Cc1ccccc1)C(=O)OCC1C=C(Br)NO1)OCc1ccccc1. The molecule has 1 amide bonds. The number of carbonyl (C=O) groups is 2. The highest BCUT2D eigenvalue weighted by atomic mass is 79.9. The van der Waals surface area contributed by atoms with E-state index in [4.69, 9.17) is 14.3 Å². The maximum Gasteiger partial charge on any atom is 0.408 e. The zero-order chi connectivity index (χ0) is 20.5. The van der Waals surface area contributed by atoms with Gasteiger partial charge in [0.05, 0.1) is 0 Å². The van der Waals surface area contributed by atoms with Crippen LogP contribution >= 0.6 is 15.9 Å². The predicted molar refractivity (Wildman–Crippen MR) is 110 cm³/mol. The summed E-state index contributed by atoms with van der Waals surface area (Å²) in [4.78, 5) is 30.0. The van der Waals surface area contributed by atoms with Gasteiger partial charge in [-0.05, 0) is 33.1 Å². The van der Waals surface area contributed by atoms with E-state index in [1.54, 1.807) is 6.08 Å². The molecule has 1 unspecified atom stereocenters. The Kier molecular flexibility index (Phi) is 7.66. The minimum atomic E-state index is -0.887. The number of alkyl carbamates (subject to hydrolysis) is 1. The quantitative estimate of drug-likeness (QED) is 0.464. The summed E-state index contributed by atoms with van der Waals surface area (Å²) in [5.41, 5.74) is 4.37. The highest BCUT2D eigenvalue weighted by molar-refractivity contribution is 9.11. The minimum Gasteiger partial charge on any atom is -0.461 e. The van der Waals surface area contributed by atoms with Crippen LogP contribution in [0.5, 0.6) is 0 Å². The van der Waals surface area contributed by atoms with E-state index in [1.165, 1.54) is 0 Å². The van der Waals surface area contributed by atoms with E-state index in [9.17, 15) is 9.59 Å². The lowest BCUT2D eigenvalue weighted by Crippen LogP contribution is -2.44. The van der Waals surface area contributed by atoms with Crippen LogP contribution in [-0.4, -0.2) is 30.8 Å². The molecule has 0 aliphatic carbocycles. The lowest BCUT2D eigenvalue weighted by atomic mass is 10.1. The third-order valence-electron chi connectivity index (χ3n) is 4.10. The van der Waals surface area contributed by atoms with Gasteiger partial charge in [0, 0.05) is 6.42 Å². The summed E-state index contributed by atoms with van der Waals surface area (Å²) in [6.45, 7) is 0.132. The predicted octanol–water partition coefficient (Wildman–Crippen LogP) is 3.21. The van der Waals surface area contributed by atoms with Crippen molar-refractivity contribution in [3.05, 3.63) is 82.5 Å². The molecule has 2 N–H and O–H groups in total. The molecular weight excluding hydrogens is 440 g/mol. The van der Waals surface area contributed by atoms with E-state index in [2.05, 4.69) is 26.7 Å². The average molecular weight is 461 g/mol. The lowest BCUT2D eigenvalue weighted by Gasteiger charge is -2.18. The molecule has 8 heteroatoms. The second kappa shape index (κ2) is 10.6. The van der Waals surface area contributed by atoms with Crippen molar-refractivity contribution < 1.29 is 23.9 Å². The number of rotatable bonds is 8. The number of halogens is 1. The molecule has 3 rings (SSSR count). The summed E-state index contributed by atoms with van der Waals surface area (Å²) in [6.07, 6.45) is 0.925. The third kappa shape index (κ3) is 6.92. The van der Waals surface area contributed by atoms with Gasteiger partial charge in [-0.1, -0.05) is 60.7 Å². The second-order valence-corrected chi connectivity index (χ2v) is 7.21. The van der Waals surface area contributed by atoms with Crippen LogP contribution in [0.3, 0.4) is 0 Å². The van der Waals surface area contributed by atoms with Crippen molar-refractivity contribution in [3.8, 4) is 0 Å². The van der Waals surface area contributed by atoms with E-state index in [1.807, 2.05) is 60.7 Å². The molecule has 2 aromatic carbocycles. The normalized spacial score (nSPS) is 16.3. The molecule has 0 saturated heterocycles. The molecule has 1 aliphatic rings. The zero-order valence-electron chi connectivity index (χ0n) is 15.5. The summed E-state index contributed by atoms with van der Waals surface area (Å²) in [6, 6.07) is 17.8. The van der Waals surface area contributed by atoms with Crippen LogP contribution in [0.25, 0.3) is 0 Å². The number of hydroxylamine groups is 1. The van der Waals surface area contributed by atoms with Gasteiger partial charge in [-0.2, -0.15) is 0 Å². The molecule has 0 saturated carbocycles. The van der Waals surface area contributed by atoms with Gasteiger partial charge in [0.15, 0.2) is 0 Å². The van der Waals surface area contributed by atoms with Crippen molar-refractivity contribution in [2.45, 2.75) is 25.2 Å². The maximum absolute atomic E-state index is 12.6. The Bertz CT molecular complexity index is 845. The summed E-state index contributed by atoms with van der Waals surface area (Å²) in [5, 5.41) is 2.60. The fourth-order valence-corrected chi connectivity index (χ4v) is 3.05. The number of ether oxygens (including phenoxy) is 2. The number of hydrogen-bond acceptors (Lipinski definition) is 6. The fraction of sp³-hybridized carbons (Fsp3) is 0.238. The standard InChI is InChI=1S/C21H21BrN2O5/c22-19-12-17(29-24-19)14-27-20(25)18(11-15-7-3-1-4-8-15)23-21(26)28-13-16-9-5-2-6-10-16/h1-10,12,17-18,24H,11,13-14H2,(H,23,26)/t17?,18-/m0/s1. The number of amides is 1. The topological polar surface area (TPSA) is 85.9 Å². The van der Waals surface area contributed by atoms with Crippen LogP contribution in [0.2, 0.25) is 0 Å². The van der Waals surface area contributed by atoms with E-state index in [0.717, 1.165) is 11.1 Å². The van der Waals surface area contributed by atoms with E-state index in [-0.39, 0.29) is 19.6 Å². The van der Waals surface area contributed by atoms with Gasteiger partial charge in [0.2, 0.25) is 0 Å². The first-order valence-electron chi connectivity index (χ1n) is 9.07. The van der Waals surface area contributed by atoms with Gasteiger partial charge < -0.3 is 14.8 Å². The van der Waals surface area contributed by atoms with Gasteiger partial charge in [0.1, 0.15) is 30.0 Å². The molecule has 29 heavy (non-hydrogen) atoms. The van der Waals surface area contributed by atoms with Crippen molar-refractivity contribution in [1.82, 2.24) is 10.8 Å². The van der Waals surface area contributed by atoms with E-state index < -0.39 is 24.2 Å². The molecule has 1 heterocycles. The molecule has 0 bridgehead atoms. The van der Waals surface area contributed by atoms with Crippen molar-refractivity contribution in [2.75, 3.05) is 6.61 Å². The Morgan fingerprint density at radius 3 is 2.31 bits per heavy atom. The summed E-state index contributed by atoms with van der Waals surface area (Å²) >= 11 is 3.24. The number of esters is 1. The second-order valence-electron chi connectivity index (χ2n) is 6.35. The van der Waals surface area contributed by atoms with Crippen molar-refractivity contribution in [1.29, 1.82) is 0 Å². The molecule has 0 fully saturated rings. The van der Waals surface area contributed by atoms with E-state index in [0.29, 0.717) is 4.61 Å². The summed E-state index contributed by atoms with van der Waals surface area (Å²) < 4.78 is 11.2. The van der Waals surface area contributed by atoms with Gasteiger partial charge in [-0.15, -0.1) is 0 Å². The van der Waals surface area contributed by atoms with Gasteiger partial charge in [0.25, 0.3) is 0 Å². The highest BCUT2D eigenvalue weighted by Gasteiger charge is 2.25. The van der Waals surface area contributed by atoms with Crippen LogP contribution < -0.4 is 10.8 Å². The first kappa shape index (κ1) is 20.9. The molecule has 7 nitrogen and oxygen atoms in total. The average Bonchev–Trinajstić information content (AvgIpc) is 3.17. The first-order chi connectivity index (χ1) is 14.1. The molecule has 0 radical (unpaired) electrons. The Hall–Kier alpha value is -2.84.